The highest BCUT2D eigenvalue weighted by atomic mass is 16.5. The van der Waals surface area contributed by atoms with Gasteiger partial charge in [-0.05, 0) is 39.3 Å². The molecule has 206 valence electrons. The molecule has 7 heteroatoms. The minimum Gasteiger partial charge on any atom is -0.481 e. The van der Waals surface area contributed by atoms with Gasteiger partial charge in [0.1, 0.15) is 6.61 Å². The van der Waals surface area contributed by atoms with Gasteiger partial charge in [-0.3, -0.25) is 14.4 Å². The highest BCUT2D eigenvalue weighted by molar-refractivity contribution is 5.69. The lowest BCUT2D eigenvalue weighted by molar-refractivity contribution is -0.144. The largest absolute Gasteiger partial charge is 0.481 e. The molecule has 0 aliphatic heterocycles. The summed E-state index contributed by atoms with van der Waals surface area (Å²) >= 11 is 0. The average Bonchev–Trinajstić information content (AvgIpc) is 2.80. The van der Waals surface area contributed by atoms with Crippen molar-refractivity contribution in [3.8, 4) is 0 Å². The first-order valence-electron chi connectivity index (χ1n) is 14.1. The van der Waals surface area contributed by atoms with Crippen molar-refractivity contribution in [2.45, 2.75) is 129 Å². The van der Waals surface area contributed by atoms with Gasteiger partial charge in [0.25, 0.3) is 0 Å². The molecule has 0 saturated carbocycles. The average molecular weight is 500 g/mol. The fourth-order valence-corrected chi connectivity index (χ4v) is 4.04. The SMILES string of the molecule is CC(=O)OCCN(C)CCCCCCCCCCCOC(=O)CCCCCCCCCCC(=O)O. The number of likely N-dealkylation sites (N-methyl/N-ethyl adjacent to an activating group) is 1. The number of nitrogens with zero attached hydrogens (tertiary/aromatic N) is 1. The molecule has 0 radical (unpaired) electrons. The fourth-order valence-electron chi connectivity index (χ4n) is 4.04. The summed E-state index contributed by atoms with van der Waals surface area (Å²) < 4.78 is 10.3. The summed E-state index contributed by atoms with van der Waals surface area (Å²) in [5, 5.41) is 8.59. The second-order valence-corrected chi connectivity index (χ2v) is 9.77. The van der Waals surface area contributed by atoms with Crippen LogP contribution in [0.2, 0.25) is 0 Å². The van der Waals surface area contributed by atoms with Crippen LogP contribution in [0.5, 0.6) is 0 Å². The number of ether oxygens (including phenoxy) is 2. The van der Waals surface area contributed by atoms with E-state index in [0.717, 1.165) is 70.9 Å². The second-order valence-electron chi connectivity index (χ2n) is 9.77. The van der Waals surface area contributed by atoms with E-state index < -0.39 is 5.97 Å². The minimum atomic E-state index is -0.703. The molecule has 35 heavy (non-hydrogen) atoms. The van der Waals surface area contributed by atoms with Crippen molar-refractivity contribution in [3.05, 3.63) is 0 Å². The zero-order chi connectivity index (χ0) is 26.0. The molecule has 0 saturated heterocycles. The van der Waals surface area contributed by atoms with Crippen LogP contribution >= 0.6 is 0 Å². The Kier molecular flexibility index (Phi) is 24.3. The Morgan fingerprint density at radius 2 is 1.03 bits per heavy atom. The minimum absolute atomic E-state index is 0.0595. The number of rotatable bonds is 26. The Morgan fingerprint density at radius 3 is 1.54 bits per heavy atom. The van der Waals surface area contributed by atoms with Gasteiger partial charge in [-0.15, -0.1) is 0 Å². The van der Waals surface area contributed by atoms with Crippen LogP contribution in [0.1, 0.15) is 129 Å². The standard InChI is InChI=1S/C28H53NO6/c1-26(30)34-25-23-29(2)22-18-14-10-6-3-7-11-15-19-24-35-28(33)21-17-13-9-5-4-8-12-16-20-27(31)32/h3-25H2,1-2H3,(H,31,32). The van der Waals surface area contributed by atoms with Crippen LogP contribution in [0, 0.1) is 0 Å². The molecule has 0 fully saturated rings. The maximum absolute atomic E-state index is 11.8. The van der Waals surface area contributed by atoms with E-state index in [2.05, 4.69) is 11.9 Å². The molecule has 0 spiro atoms. The number of aliphatic carboxylic acids is 1. The van der Waals surface area contributed by atoms with Gasteiger partial charge in [0.15, 0.2) is 0 Å². The molecule has 0 heterocycles. The third-order valence-electron chi connectivity index (χ3n) is 6.25. The maximum atomic E-state index is 11.8. The third-order valence-corrected chi connectivity index (χ3v) is 6.25. The summed E-state index contributed by atoms with van der Waals surface area (Å²) in [6, 6.07) is 0. The molecule has 0 aliphatic rings. The quantitative estimate of drug-likeness (QED) is 0.107. The maximum Gasteiger partial charge on any atom is 0.305 e. The molecule has 0 bridgehead atoms. The molecular weight excluding hydrogens is 446 g/mol. The summed E-state index contributed by atoms with van der Waals surface area (Å²) in [5.74, 6) is -0.973. The molecule has 7 nitrogen and oxygen atoms in total. The lowest BCUT2D eigenvalue weighted by Gasteiger charge is -2.15. The number of carbonyl (C=O) groups excluding carboxylic acids is 2. The predicted molar refractivity (Wildman–Crippen MR) is 140 cm³/mol. The van der Waals surface area contributed by atoms with E-state index in [9.17, 15) is 14.4 Å². The Balaban J connectivity index is 3.24. The van der Waals surface area contributed by atoms with Crippen molar-refractivity contribution < 1.29 is 29.0 Å². The molecule has 0 unspecified atom stereocenters. The van der Waals surface area contributed by atoms with Gasteiger partial charge >= 0.3 is 17.9 Å². The number of hydrogen-bond acceptors (Lipinski definition) is 6. The molecule has 0 aromatic carbocycles. The van der Waals surface area contributed by atoms with E-state index in [1.807, 2.05) is 0 Å². The summed E-state index contributed by atoms with van der Waals surface area (Å²) in [4.78, 5) is 35.2. The first-order valence-corrected chi connectivity index (χ1v) is 14.1. The van der Waals surface area contributed by atoms with E-state index in [4.69, 9.17) is 14.6 Å². The van der Waals surface area contributed by atoms with Gasteiger partial charge < -0.3 is 19.5 Å². The Labute approximate surface area is 214 Å². The monoisotopic (exact) mass is 499 g/mol. The summed E-state index contributed by atoms with van der Waals surface area (Å²) in [5.41, 5.74) is 0. The summed E-state index contributed by atoms with van der Waals surface area (Å²) in [7, 11) is 2.07. The van der Waals surface area contributed by atoms with Crippen LogP contribution in [0.15, 0.2) is 0 Å². The zero-order valence-electron chi connectivity index (χ0n) is 22.7. The molecule has 0 atom stereocenters. The van der Waals surface area contributed by atoms with Gasteiger partial charge in [0, 0.05) is 26.3 Å². The summed E-state index contributed by atoms with van der Waals surface area (Å²) in [6.07, 6.45) is 20.0. The van der Waals surface area contributed by atoms with Crippen molar-refractivity contribution >= 4 is 17.9 Å². The molecule has 0 aromatic rings. The van der Waals surface area contributed by atoms with Crippen LogP contribution in [0.3, 0.4) is 0 Å². The third kappa shape index (κ3) is 28.5. The van der Waals surface area contributed by atoms with Crippen molar-refractivity contribution in [1.29, 1.82) is 0 Å². The van der Waals surface area contributed by atoms with E-state index in [1.165, 1.54) is 58.3 Å². The van der Waals surface area contributed by atoms with Crippen LogP contribution in [-0.4, -0.2) is 61.3 Å². The number of unbranched alkanes of at least 4 members (excludes halogenated alkanes) is 15. The van der Waals surface area contributed by atoms with Crippen LogP contribution in [0.4, 0.5) is 0 Å². The highest BCUT2D eigenvalue weighted by Crippen LogP contribution is 2.12. The van der Waals surface area contributed by atoms with E-state index in [0.29, 0.717) is 19.6 Å². The highest BCUT2D eigenvalue weighted by Gasteiger charge is 2.03. The van der Waals surface area contributed by atoms with Gasteiger partial charge in [-0.1, -0.05) is 83.5 Å². The van der Waals surface area contributed by atoms with E-state index in [1.54, 1.807) is 0 Å². The summed E-state index contributed by atoms with van der Waals surface area (Å²) in [6.45, 7) is 4.33. The van der Waals surface area contributed by atoms with Crippen LogP contribution in [-0.2, 0) is 23.9 Å². The van der Waals surface area contributed by atoms with Crippen LogP contribution < -0.4 is 0 Å². The molecule has 0 amide bonds. The van der Waals surface area contributed by atoms with E-state index >= 15 is 0 Å². The number of hydrogen-bond donors (Lipinski definition) is 1. The number of carboxylic acid groups (broad SMARTS) is 1. The smallest absolute Gasteiger partial charge is 0.305 e. The topological polar surface area (TPSA) is 93.1 Å². The van der Waals surface area contributed by atoms with Crippen molar-refractivity contribution in [2.24, 2.45) is 0 Å². The predicted octanol–water partition coefficient (Wildman–Crippen LogP) is 6.52. The number of carbonyl (C=O) groups is 3. The normalized spacial score (nSPS) is 11.1. The van der Waals surface area contributed by atoms with E-state index in [-0.39, 0.29) is 18.4 Å². The lowest BCUT2D eigenvalue weighted by Crippen LogP contribution is -2.25. The fraction of sp³-hybridized carbons (Fsp3) is 0.893. The number of esters is 2. The Morgan fingerprint density at radius 1 is 0.571 bits per heavy atom. The number of carboxylic acids is 1. The molecular formula is C28H53NO6. The van der Waals surface area contributed by atoms with Gasteiger partial charge in [0.05, 0.1) is 6.61 Å². The van der Waals surface area contributed by atoms with Crippen LogP contribution in [0.25, 0.3) is 0 Å². The molecule has 0 rings (SSSR count). The molecule has 0 aliphatic carbocycles. The van der Waals surface area contributed by atoms with Gasteiger partial charge in [-0.2, -0.15) is 0 Å². The van der Waals surface area contributed by atoms with Crippen molar-refractivity contribution in [3.63, 3.8) is 0 Å². The first-order chi connectivity index (χ1) is 16.9. The second kappa shape index (κ2) is 25.5. The zero-order valence-corrected chi connectivity index (χ0v) is 22.7. The van der Waals surface area contributed by atoms with Gasteiger partial charge in [-0.25, -0.2) is 0 Å². The van der Waals surface area contributed by atoms with Gasteiger partial charge in [0.2, 0.25) is 0 Å². The first kappa shape index (κ1) is 33.4. The van der Waals surface area contributed by atoms with Crippen molar-refractivity contribution in [1.82, 2.24) is 4.90 Å². The molecule has 0 aromatic heterocycles. The Hall–Kier alpha value is -1.63. The molecule has 1 N–H and O–H groups in total. The lowest BCUT2D eigenvalue weighted by atomic mass is 10.1. The Bertz CT molecular complexity index is 526. The van der Waals surface area contributed by atoms with Crippen molar-refractivity contribution in [2.75, 3.05) is 33.4 Å².